The van der Waals surface area contributed by atoms with Gasteiger partial charge in [0.05, 0.1) is 19.8 Å². The molecule has 1 fully saturated rings. The number of amides is 1. The molecule has 1 aliphatic heterocycles. The number of methoxy groups -OCH3 is 1. The van der Waals surface area contributed by atoms with E-state index in [1.54, 1.807) is 25.1 Å². The molecule has 0 saturated carbocycles. The van der Waals surface area contributed by atoms with Crippen molar-refractivity contribution in [2.75, 3.05) is 17.8 Å². The number of carbonyl (C=O) groups is 2. The quantitative estimate of drug-likeness (QED) is 0.795. The number of carbonyl (C=O) groups excluding carboxylic acids is 2. The van der Waals surface area contributed by atoms with Crippen molar-refractivity contribution in [2.45, 2.75) is 12.3 Å². The third-order valence-electron chi connectivity index (χ3n) is 3.73. The highest BCUT2D eigenvalue weighted by Gasteiger charge is 2.34. The highest BCUT2D eigenvalue weighted by Crippen LogP contribution is 2.42. The van der Waals surface area contributed by atoms with Crippen molar-refractivity contribution in [3.63, 3.8) is 0 Å². The summed E-state index contributed by atoms with van der Waals surface area (Å²) < 4.78 is 26.8. The molecule has 0 aromatic heterocycles. The largest absolute Gasteiger partial charge is 0.465 e. The van der Waals surface area contributed by atoms with E-state index < -0.39 is 17.1 Å². The Morgan fingerprint density at radius 3 is 2.67 bits per heavy atom. The molecule has 4 nitrogen and oxygen atoms in total. The lowest BCUT2D eigenvalue weighted by Gasteiger charge is -2.26. The van der Waals surface area contributed by atoms with Gasteiger partial charge in [0.25, 0.3) is 0 Å². The molecule has 24 heavy (non-hydrogen) atoms. The second kappa shape index (κ2) is 6.65. The van der Waals surface area contributed by atoms with Gasteiger partial charge < -0.3 is 4.74 Å². The maximum atomic E-state index is 13.2. The molecule has 0 N–H and O–H groups in total. The molecule has 0 aliphatic carbocycles. The Labute approximate surface area is 145 Å². The van der Waals surface area contributed by atoms with Crippen molar-refractivity contribution < 1.29 is 20.1 Å². The lowest BCUT2D eigenvalue weighted by Crippen LogP contribution is -2.28. The van der Waals surface area contributed by atoms with Gasteiger partial charge in [-0.1, -0.05) is 12.1 Å². The Hall–Kier alpha value is -2.34. The molecule has 1 heterocycles. The fraction of sp³-hybridized carbons (Fsp3) is 0.222. The predicted octanol–water partition coefficient (Wildman–Crippen LogP) is 3.70. The fourth-order valence-corrected chi connectivity index (χ4v) is 3.59. The lowest BCUT2D eigenvalue weighted by atomic mass is 10.1. The molecule has 124 valence electrons. The molecule has 1 amide bonds. The summed E-state index contributed by atoms with van der Waals surface area (Å²) in [7, 11) is 1.30. The van der Waals surface area contributed by atoms with Gasteiger partial charge in [0.1, 0.15) is 11.2 Å². The first-order valence-electron chi connectivity index (χ1n) is 7.79. The predicted molar refractivity (Wildman–Crippen MR) is 91.6 cm³/mol. The van der Waals surface area contributed by atoms with Gasteiger partial charge in [0.15, 0.2) is 0 Å². The summed E-state index contributed by atoms with van der Waals surface area (Å²) in [4.78, 5) is 25.5. The van der Waals surface area contributed by atoms with Crippen LogP contribution >= 0.6 is 11.8 Å². The molecule has 1 aliphatic rings. The van der Waals surface area contributed by atoms with Crippen LogP contribution in [0.15, 0.2) is 42.5 Å². The maximum absolute atomic E-state index is 13.2. The molecule has 3 rings (SSSR count). The zero-order chi connectivity index (χ0) is 18.2. The lowest BCUT2D eigenvalue weighted by molar-refractivity contribution is -0.115. The van der Waals surface area contributed by atoms with E-state index in [0.717, 1.165) is 0 Å². The summed E-state index contributed by atoms with van der Waals surface area (Å²) in [5.41, 5.74) is 2.11. The van der Waals surface area contributed by atoms with Crippen LogP contribution in [0.25, 0.3) is 0 Å². The minimum absolute atomic E-state index is 0.152. The zero-order valence-electron chi connectivity index (χ0n) is 14.2. The third kappa shape index (κ3) is 3.01. The van der Waals surface area contributed by atoms with Crippen LogP contribution in [0.1, 0.15) is 28.2 Å². The van der Waals surface area contributed by atoms with Crippen molar-refractivity contribution in [1.29, 1.82) is 0 Å². The Kier molecular flexibility index (Phi) is 4.21. The van der Waals surface area contributed by atoms with Gasteiger partial charge in [-0.25, -0.2) is 9.18 Å². The molecule has 1 atom stereocenters. The second-order valence-electron chi connectivity index (χ2n) is 5.32. The average Bonchev–Trinajstić information content (AvgIpc) is 2.91. The number of thioether (sulfide) groups is 1. The van der Waals surface area contributed by atoms with Crippen molar-refractivity contribution >= 4 is 29.3 Å². The van der Waals surface area contributed by atoms with Crippen LogP contribution in [0.3, 0.4) is 0 Å². The first kappa shape index (κ1) is 15.2. The van der Waals surface area contributed by atoms with E-state index >= 15 is 0 Å². The molecular weight excluding hydrogens is 329 g/mol. The first-order valence-corrected chi connectivity index (χ1v) is 8.27. The van der Waals surface area contributed by atoms with Crippen LogP contribution < -0.4 is 4.90 Å². The van der Waals surface area contributed by atoms with E-state index in [-0.39, 0.29) is 11.7 Å². The van der Waals surface area contributed by atoms with Gasteiger partial charge >= 0.3 is 5.97 Å². The minimum Gasteiger partial charge on any atom is -0.465 e. The van der Waals surface area contributed by atoms with E-state index in [4.69, 9.17) is 6.11 Å². The summed E-state index contributed by atoms with van der Waals surface area (Å²) in [6, 6.07) is 10.4. The molecule has 1 unspecified atom stereocenters. The van der Waals surface area contributed by atoms with E-state index in [1.807, 2.05) is 0 Å². The van der Waals surface area contributed by atoms with Crippen LogP contribution in [0, 0.1) is 12.7 Å². The smallest absolute Gasteiger partial charge is 0.337 e. The van der Waals surface area contributed by atoms with Crippen LogP contribution in [0.4, 0.5) is 10.1 Å². The standard InChI is InChI=1S/C18H16FNO3S/c1-11-9-13(18(22)23-2)5-8-15(11)20-16(21)10-24-17(20)12-3-6-14(19)7-4-12/h3-9,17H,10H2,1-2H3/i17D. The summed E-state index contributed by atoms with van der Waals surface area (Å²) in [6.45, 7) is 1.77. The number of ether oxygens (including phenoxy) is 1. The van der Waals surface area contributed by atoms with Crippen LogP contribution in [0.5, 0.6) is 0 Å². The van der Waals surface area contributed by atoms with Crippen molar-refractivity contribution in [2.24, 2.45) is 0 Å². The second-order valence-corrected chi connectivity index (χ2v) is 6.29. The number of esters is 1. The minimum atomic E-state index is -1.39. The van der Waals surface area contributed by atoms with Crippen LogP contribution in [-0.4, -0.2) is 24.7 Å². The van der Waals surface area contributed by atoms with Crippen LogP contribution in [-0.2, 0) is 9.53 Å². The summed E-state index contributed by atoms with van der Waals surface area (Å²) >= 11 is 1.17. The Bertz CT molecular complexity index is 843. The Balaban J connectivity index is 2.06. The number of nitrogens with zero attached hydrogens (tertiary/aromatic N) is 1. The summed E-state index contributed by atoms with van der Waals surface area (Å²) in [6.07, 6.45) is 0. The van der Waals surface area contributed by atoms with Gasteiger partial charge in [-0.2, -0.15) is 0 Å². The molecule has 2 aromatic rings. The fourth-order valence-electron chi connectivity index (χ4n) is 2.57. The Morgan fingerprint density at radius 2 is 2.04 bits per heavy atom. The van der Waals surface area contributed by atoms with Gasteiger partial charge in [0, 0.05) is 5.69 Å². The number of halogens is 1. The SMILES string of the molecule is [2H]C1(c2ccc(F)cc2)SCC(=O)N1c1ccc(C(=O)OC)cc1C. The van der Waals surface area contributed by atoms with Crippen molar-refractivity contribution in [1.82, 2.24) is 0 Å². The Morgan fingerprint density at radius 1 is 1.33 bits per heavy atom. The van der Waals surface area contributed by atoms with Crippen molar-refractivity contribution in [3.8, 4) is 0 Å². The van der Waals surface area contributed by atoms with Crippen LogP contribution in [0.2, 0.25) is 0 Å². The highest BCUT2D eigenvalue weighted by molar-refractivity contribution is 8.00. The summed E-state index contributed by atoms with van der Waals surface area (Å²) in [5.74, 6) is -0.920. The third-order valence-corrected chi connectivity index (χ3v) is 4.82. The van der Waals surface area contributed by atoms with E-state index in [0.29, 0.717) is 22.4 Å². The number of hydrogen-bond donors (Lipinski definition) is 0. The monoisotopic (exact) mass is 346 g/mol. The number of aryl methyl sites for hydroxylation is 1. The van der Waals surface area contributed by atoms with Crippen molar-refractivity contribution in [3.05, 3.63) is 65.0 Å². The zero-order valence-corrected chi connectivity index (χ0v) is 14.0. The van der Waals surface area contributed by atoms with E-state index in [9.17, 15) is 14.0 Å². The summed E-state index contributed by atoms with van der Waals surface area (Å²) in [5, 5.41) is -1.39. The molecule has 1 saturated heterocycles. The number of anilines is 1. The van der Waals surface area contributed by atoms with Gasteiger partial charge in [0.2, 0.25) is 5.91 Å². The van der Waals surface area contributed by atoms with E-state index in [1.165, 1.54) is 48.0 Å². The normalized spacial score (nSPS) is 20.9. The maximum Gasteiger partial charge on any atom is 0.337 e. The van der Waals surface area contributed by atoms with Gasteiger partial charge in [-0.05, 0) is 48.4 Å². The first-order chi connectivity index (χ1) is 11.9. The molecule has 0 spiro atoms. The molecule has 6 heteroatoms. The van der Waals surface area contributed by atoms with Gasteiger partial charge in [-0.3, -0.25) is 9.69 Å². The molecule has 0 bridgehead atoms. The molecule has 0 radical (unpaired) electrons. The van der Waals surface area contributed by atoms with Gasteiger partial charge in [-0.15, -0.1) is 11.8 Å². The molecule has 2 aromatic carbocycles. The molecular formula is C18H16FNO3S. The number of benzene rings is 2. The highest BCUT2D eigenvalue weighted by atomic mass is 32.2. The number of rotatable bonds is 3. The average molecular weight is 346 g/mol. The number of hydrogen-bond acceptors (Lipinski definition) is 4. The topological polar surface area (TPSA) is 46.6 Å². The van der Waals surface area contributed by atoms with E-state index in [2.05, 4.69) is 0 Å².